The van der Waals surface area contributed by atoms with E-state index in [0.717, 1.165) is 6.04 Å². The molecule has 0 saturated heterocycles. The molecule has 4 nitrogen and oxygen atoms in total. The molecule has 0 radical (unpaired) electrons. The van der Waals surface area contributed by atoms with Crippen LogP contribution in [0.25, 0.3) is 0 Å². The van der Waals surface area contributed by atoms with Gasteiger partial charge in [0.15, 0.2) is 5.78 Å². The van der Waals surface area contributed by atoms with Gasteiger partial charge in [0.2, 0.25) is 0 Å². The van der Waals surface area contributed by atoms with Gasteiger partial charge in [-0.25, -0.2) is 0 Å². The van der Waals surface area contributed by atoms with Crippen LogP contribution in [0.3, 0.4) is 0 Å². The van der Waals surface area contributed by atoms with E-state index in [1.807, 2.05) is 13.8 Å². The van der Waals surface area contributed by atoms with Gasteiger partial charge in [0.25, 0.3) is 0 Å². The van der Waals surface area contributed by atoms with Crippen LogP contribution < -0.4 is 0 Å². The second-order valence-electron chi connectivity index (χ2n) is 6.63. The maximum atomic E-state index is 11.7. The third-order valence-electron chi connectivity index (χ3n) is 3.03. The molecule has 2 atom stereocenters. The summed E-state index contributed by atoms with van der Waals surface area (Å²) in [4.78, 5) is 11.7. The predicted molar refractivity (Wildman–Crippen MR) is 80.0 cm³/mol. The monoisotopic (exact) mass is 290 g/mol. The summed E-state index contributed by atoms with van der Waals surface area (Å²) in [6.07, 6.45) is -0.958. The van der Waals surface area contributed by atoms with E-state index >= 15 is 0 Å². The Morgan fingerprint density at radius 2 is 1.79 bits per heavy atom. The van der Waals surface area contributed by atoms with Crippen molar-refractivity contribution >= 4 is 13.9 Å². The number of carbonyl (C=O) groups is 1. The summed E-state index contributed by atoms with van der Waals surface area (Å²) in [6.45, 7) is 13.2. The number of rotatable bonds is 10. The lowest BCUT2D eigenvalue weighted by molar-refractivity contribution is -0.142. The lowest BCUT2D eigenvalue weighted by Crippen LogP contribution is -2.28. The Hall–Kier alpha value is -0.233. The molecule has 0 heterocycles. The Morgan fingerprint density at radius 3 is 2.26 bits per heavy atom. The molecule has 0 saturated carbocycles. The summed E-state index contributed by atoms with van der Waals surface area (Å²) in [6, 6.07) is 1.09. The fourth-order valence-corrected chi connectivity index (χ4v) is 2.04. The third-order valence-corrected chi connectivity index (χ3v) is 4.74. The summed E-state index contributed by atoms with van der Waals surface area (Å²) >= 11 is 0. The highest BCUT2D eigenvalue weighted by atomic mass is 28.3. The normalized spacial score (nSPS) is 15.6. The first-order chi connectivity index (χ1) is 8.63. The predicted octanol–water partition coefficient (Wildman–Crippen LogP) is 2.68. The van der Waals surface area contributed by atoms with E-state index in [9.17, 15) is 9.90 Å². The molecule has 0 rings (SSSR count). The van der Waals surface area contributed by atoms with Crippen LogP contribution in [-0.4, -0.2) is 44.6 Å². The van der Waals surface area contributed by atoms with Crippen molar-refractivity contribution in [2.75, 3.05) is 13.4 Å². The molecule has 0 aromatic heterocycles. The van der Waals surface area contributed by atoms with Gasteiger partial charge in [0, 0.05) is 21.1 Å². The van der Waals surface area contributed by atoms with Crippen LogP contribution in [0.5, 0.6) is 0 Å². The molecule has 0 amide bonds. The number of carbonyl (C=O) groups excluding carboxylic acids is 1. The zero-order valence-corrected chi connectivity index (χ0v) is 14.2. The Labute approximate surface area is 118 Å². The van der Waals surface area contributed by atoms with E-state index in [0.29, 0.717) is 6.61 Å². The second kappa shape index (κ2) is 8.84. The summed E-state index contributed by atoms with van der Waals surface area (Å²) in [7, 11) is -1.07. The number of hydrogen-bond donors (Lipinski definition) is 1. The van der Waals surface area contributed by atoms with E-state index in [1.165, 1.54) is 0 Å². The summed E-state index contributed by atoms with van der Waals surface area (Å²) in [5, 5.41) is 9.64. The molecule has 0 fully saturated rings. The van der Waals surface area contributed by atoms with Gasteiger partial charge in [-0.1, -0.05) is 33.5 Å². The first-order valence-corrected chi connectivity index (χ1v) is 10.7. The van der Waals surface area contributed by atoms with Crippen molar-refractivity contribution in [2.24, 2.45) is 5.92 Å². The highest BCUT2D eigenvalue weighted by Crippen LogP contribution is 2.10. The Kier molecular flexibility index (Phi) is 8.73. The average Bonchev–Trinajstić information content (AvgIpc) is 2.26. The number of aliphatic hydroxyl groups is 1. The molecule has 0 spiro atoms. The summed E-state index contributed by atoms with van der Waals surface area (Å²) in [5.41, 5.74) is 0. The lowest BCUT2D eigenvalue weighted by Gasteiger charge is -2.18. The zero-order chi connectivity index (χ0) is 15.1. The van der Waals surface area contributed by atoms with Crippen molar-refractivity contribution in [1.82, 2.24) is 0 Å². The van der Waals surface area contributed by atoms with Crippen molar-refractivity contribution in [3.05, 3.63) is 0 Å². The quantitative estimate of drug-likeness (QED) is 0.382. The van der Waals surface area contributed by atoms with Gasteiger partial charge >= 0.3 is 0 Å². The maximum absolute atomic E-state index is 11.7. The SMILES string of the molecule is CC(C)[C@@H](O)CC(=O)[C@@H](C)OCOCC[Si](C)(C)C. The fraction of sp³-hybridized carbons (Fsp3) is 0.929. The van der Waals surface area contributed by atoms with Gasteiger partial charge in [-0.05, 0) is 18.9 Å². The first-order valence-electron chi connectivity index (χ1n) is 7.03. The van der Waals surface area contributed by atoms with E-state index in [2.05, 4.69) is 19.6 Å². The molecule has 1 N–H and O–H groups in total. The summed E-state index contributed by atoms with van der Waals surface area (Å²) in [5.74, 6) is 0.0131. The molecule has 0 aliphatic carbocycles. The van der Waals surface area contributed by atoms with Crippen molar-refractivity contribution in [3.63, 3.8) is 0 Å². The molecule has 0 aliphatic heterocycles. The van der Waals surface area contributed by atoms with Crippen molar-refractivity contribution in [2.45, 2.75) is 65.1 Å². The number of Topliss-reactive ketones (excluding diaryl/α,β-unsaturated/α-hetero) is 1. The fourth-order valence-electron chi connectivity index (χ4n) is 1.29. The minimum Gasteiger partial charge on any atom is -0.392 e. The number of ketones is 1. The van der Waals surface area contributed by atoms with E-state index in [-0.39, 0.29) is 24.9 Å². The van der Waals surface area contributed by atoms with Crippen LogP contribution in [-0.2, 0) is 14.3 Å². The Balaban J connectivity index is 3.74. The van der Waals surface area contributed by atoms with Gasteiger partial charge in [0.1, 0.15) is 12.9 Å². The molecule has 114 valence electrons. The highest BCUT2D eigenvalue weighted by molar-refractivity contribution is 6.76. The Bertz CT molecular complexity index is 261. The van der Waals surface area contributed by atoms with Gasteiger partial charge < -0.3 is 14.6 Å². The van der Waals surface area contributed by atoms with Gasteiger partial charge in [-0.15, -0.1) is 0 Å². The van der Waals surface area contributed by atoms with Crippen LogP contribution in [0, 0.1) is 5.92 Å². The minimum absolute atomic E-state index is 0.0741. The first kappa shape index (κ1) is 18.8. The smallest absolute Gasteiger partial charge is 0.163 e. The summed E-state index contributed by atoms with van der Waals surface area (Å²) < 4.78 is 10.7. The number of aliphatic hydroxyl groups excluding tert-OH is 1. The van der Waals surface area contributed by atoms with Crippen molar-refractivity contribution in [1.29, 1.82) is 0 Å². The largest absolute Gasteiger partial charge is 0.392 e. The molecule has 0 unspecified atom stereocenters. The zero-order valence-electron chi connectivity index (χ0n) is 13.2. The van der Waals surface area contributed by atoms with E-state index in [4.69, 9.17) is 9.47 Å². The van der Waals surface area contributed by atoms with Crippen LogP contribution >= 0.6 is 0 Å². The van der Waals surface area contributed by atoms with Gasteiger partial charge in [-0.3, -0.25) is 4.79 Å². The van der Waals surface area contributed by atoms with Crippen LogP contribution in [0.15, 0.2) is 0 Å². The number of hydrogen-bond acceptors (Lipinski definition) is 4. The molecular formula is C14H30O4Si. The Morgan fingerprint density at radius 1 is 1.21 bits per heavy atom. The van der Waals surface area contributed by atoms with Crippen molar-refractivity contribution in [3.8, 4) is 0 Å². The molecule has 0 aromatic carbocycles. The third kappa shape index (κ3) is 10.2. The minimum atomic E-state index is -1.07. The van der Waals surface area contributed by atoms with Gasteiger partial charge in [-0.2, -0.15) is 0 Å². The van der Waals surface area contributed by atoms with Crippen LogP contribution in [0.4, 0.5) is 0 Å². The number of ether oxygens (including phenoxy) is 2. The molecule has 5 heteroatoms. The van der Waals surface area contributed by atoms with E-state index < -0.39 is 20.3 Å². The van der Waals surface area contributed by atoms with Crippen LogP contribution in [0.2, 0.25) is 25.7 Å². The van der Waals surface area contributed by atoms with Gasteiger partial charge in [0.05, 0.1) is 6.10 Å². The standard InChI is InChI=1S/C14H30O4Si/c1-11(2)13(15)9-14(16)12(3)18-10-17-7-8-19(4,5)6/h11-13,15H,7-10H2,1-6H3/t12-,13+/m1/s1. The second-order valence-corrected chi connectivity index (χ2v) is 12.2. The average molecular weight is 290 g/mol. The highest BCUT2D eigenvalue weighted by Gasteiger charge is 2.20. The molecule has 19 heavy (non-hydrogen) atoms. The van der Waals surface area contributed by atoms with Crippen molar-refractivity contribution < 1.29 is 19.4 Å². The molecule has 0 aromatic rings. The maximum Gasteiger partial charge on any atom is 0.163 e. The molecule has 0 bridgehead atoms. The molecular weight excluding hydrogens is 260 g/mol. The lowest BCUT2D eigenvalue weighted by atomic mass is 10.0. The van der Waals surface area contributed by atoms with Crippen LogP contribution in [0.1, 0.15) is 27.2 Å². The topological polar surface area (TPSA) is 55.8 Å². The molecule has 0 aliphatic rings. The van der Waals surface area contributed by atoms with E-state index in [1.54, 1.807) is 6.92 Å².